The van der Waals surface area contributed by atoms with Crippen LogP contribution in [0.1, 0.15) is 32.8 Å². The Bertz CT molecular complexity index is 515. The Morgan fingerprint density at radius 1 is 1.33 bits per heavy atom. The first-order valence-electron chi connectivity index (χ1n) is 7.12. The van der Waals surface area contributed by atoms with Crippen molar-refractivity contribution in [1.29, 1.82) is 0 Å². The summed E-state index contributed by atoms with van der Waals surface area (Å²) in [7, 11) is 0. The van der Waals surface area contributed by atoms with Gasteiger partial charge in [0.25, 0.3) is 0 Å². The van der Waals surface area contributed by atoms with Crippen molar-refractivity contribution in [3.05, 3.63) is 28.8 Å². The van der Waals surface area contributed by atoms with Crippen LogP contribution in [0.25, 0.3) is 0 Å². The summed E-state index contributed by atoms with van der Waals surface area (Å²) in [5.74, 6) is 0.189. The Morgan fingerprint density at radius 3 is 2.57 bits per heavy atom. The molecular weight excluding hydrogens is 288 g/mol. The third kappa shape index (κ3) is 5.76. The summed E-state index contributed by atoms with van der Waals surface area (Å²) in [6, 6.07) is 5.31. The van der Waals surface area contributed by atoms with Gasteiger partial charge < -0.3 is 10.2 Å². The summed E-state index contributed by atoms with van der Waals surface area (Å²) in [5.41, 5.74) is 1.58. The van der Waals surface area contributed by atoms with E-state index in [2.05, 4.69) is 19.2 Å². The van der Waals surface area contributed by atoms with E-state index in [1.165, 1.54) is 11.8 Å². The molecule has 0 aliphatic carbocycles. The number of anilines is 1. The molecule has 0 heterocycles. The van der Waals surface area contributed by atoms with E-state index in [9.17, 15) is 9.59 Å². The second-order valence-corrected chi connectivity index (χ2v) is 6.00. The Morgan fingerprint density at radius 2 is 2.00 bits per heavy atom. The number of amides is 2. The van der Waals surface area contributed by atoms with Gasteiger partial charge in [0.2, 0.25) is 11.8 Å². The zero-order valence-corrected chi connectivity index (χ0v) is 13.8. The lowest BCUT2D eigenvalue weighted by atomic mass is 10.1. The molecule has 0 spiro atoms. The predicted octanol–water partition coefficient (Wildman–Crippen LogP) is 3.16. The SMILES string of the molecule is CC(=O)N(CC(=O)NCCC(C)C)c1cc(Cl)ccc1C. The molecule has 0 saturated heterocycles. The molecule has 21 heavy (non-hydrogen) atoms. The fourth-order valence-electron chi connectivity index (χ4n) is 1.94. The lowest BCUT2D eigenvalue weighted by molar-refractivity contribution is -0.123. The molecule has 1 aromatic rings. The van der Waals surface area contributed by atoms with Gasteiger partial charge in [0.1, 0.15) is 6.54 Å². The van der Waals surface area contributed by atoms with E-state index in [1.54, 1.807) is 12.1 Å². The van der Waals surface area contributed by atoms with Gasteiger partial charge in [-0.2, -0.15) is 0 Å². The van der Waals surface area contributed by atoms with Crippen LogP contribution in [0.3, 0.4) is 0 Å². The number of benzene rings is 1. The Hall–Kier alpha value is -1.55. The van der Waals surface area contributed by atoms with Crippen molar-refractivity contribution in [2.75, 3.05) is 18.0 Å². The number of carbonyl (C=O) groups excluding carboxylic acids is 2. The second kappa shape index (κ2) is 8.03. The maximum absolute atomic E-state index is 12.0. The minimum atomic E-state index is -0.181. The molecule has 0 bridgehead atoms. The summed E-state index contributed by atoms with van der Waals surface area (Å²) in [6.07, 6.45) is 0.919. The third-order valence-electron chi connectivity index (χ3n) is 3.19. The van der Waals surface area contributed by atoms with Crippen LogP contribution < -0.4 is 10.2 Å². The Balaban J connectivity index is 2.76. The number of carbonyl (C=O) groups is 2. The lowest BCUT2D eigenvalue weighted by Crippen LogP contribution is -2.40. The molecule has 0 aliphatic heterocycles. The molecule has 2 amide bonds. The van der Waals surface area contributed by atoms with Crippen molar-refractivity contribution in [3.8, 4) is 0 Å². The smallest absolute Gasteiger partial charge is 0.240 e. The summed E-state index contributed by atoms with van der Waals surface area (Å²) in [5, 5.41) is 3.38. The maximum Gasteiger partial charge on any atom is 0.240 e. The molecule has 1 N–H and O–H groups in total. The number of halogens is 1. The number of hydrogen-bond acceptors (Lipinski definition) is 2. The van der Waals surface area contributed by atoms with Gasteiger partial charge in [0, 0.05) is 24.2 Å². The number of nitrogens with zero attached hydrogens (tertiary/aromatic N) is 1. The van der Waals surface area contributed by atoms with Gasteiger partial charge in [-0.25, -0.2) is 0 Å². The van der Waals surface area contributed by atoms with E-state index >= 15 is 0 Å². The molecule has 1 rings (SSSR count). The molecule has 0 fully saturated rings. The van der Waals surface area contributed by atoms with Gasteiger partial charge in [0.05, 0.1) is 0 Å². The van der Waals surface area contributed by atoms with Crippen molar-refractivity contribution in [2.24, 2.45) is 5.92 Å². The molecule has 0 saturated carbocycles. The van der Waals surface area contributed by atoms with Crippen LogP contribution in [-0.4, -0.2) is 24.9 Å². The molecule has 116 valence electrons. The molecule has 1 aromatic carbocycles. The van der Waals surface area contributed by atoms with Gasteiger partial charge in [0.15, 0.2) is 0 Å². The highest BCUT2D eigenvalue weighted by molar-refractivity contribution is 6.31. The molecule has 0 unspecified atom stereocenters. The highest BCUT2D eigenvalue weighted by atomic mass is 35.5. The van der Waals surface area contributed by atoms with Crippen molar-refractivity contribution < 1.29 is 9.59 Å². The van der Waals surface area contributed by atoms with Gasteiger partial charge >= 0.3 is 0 Å². The van der Waals surface area contributed by atoms with Crippen molar-refractivity contribution >= 4 is 29.1 Å². The fourth-order valence-corrected chi connectivity index (χ4v) is 2.11. The quantitative estimate of drug-likeness (QED) is 0.877. The first kappa shape index (κ1) is 17.5. The van der Waals surface area contributed by atoms with Gasteiger partial charge in [-0.3, -0.25) is 9.59 Å². The van der Waals surface area contributed by atoms with E-state index < -0.39 is 0 Å². The summed E-state index contributed by atoms with van der Waals surface area (Å²) in [4.78, 5) is 25.2. The molecule has 0 radical (unpaired) electrons. The molecule has 5 heteroatoms. The van der Waals surface area contributed by atoms with Gasteiger partial charge in [-0.15, -0.1) is 0 Å². The summed E-state index contributed by atoms with van der Waals surface area (Å²) in [6.45, 7) is 8.16. The van der Waals surface area contributed by atoms with E-state index in [0.717, 1.165) is 12.0 Å². The van der Waals surface area contributed by atoms with Crippen LogP contribution >= 0.6 is 11.6 Å². The number of rotatable bonds is 6. The first-order valence-corrected chi connectivity index (χ1v) is 7.50. The van der Waals surface area contributed by atoms with E-state index in [4.69, 9.17) is 11.6 Å². The Labute approximate surface area is 131 Å². The number of nitrogens with one attached hydrogen (secondary N) is 1. The van der Waals surface area contributed by atoms with Crippen LogP contribution in [0.15, 0.2) is 18.2 Å². The minimum absolute atomic E-state index is 0.00854. The Kier molecular flexibility index (Phi) is 6.69. The average molecular weight is 311 g/mol. The molecule has 0 aliphatic rings. The molecule has 4 nitrogen and oxygen atoms in total. The highest BCUT2D eigenvalue weighted by Gasteiger charge is 2.17. The predicted molar refractivity (Wildman–Crippen MR) is 86.7 cm³/mol. The third-order valence-corrected chi connectivity index (χ3v) is 3.42. The highest BCUT2D eigenvalue weighted by Crippen LogP contribution is 2.24. The topological polar surface area (TPSA) is 49.4 Å². The molecule has 0 aromatic heterocycles. The molecule has 0 atom stereocenters. The summed E-state index contributed by atoms with van der Waals surface area (Å²) < 4.78 is 0. The van der Waals surface area contributed by atoms with Crippen LogP contribution in [-0.2, 0) is 9.59 Å². The van der Waals surface area contributed by atoms with E-state index in [-0.39, 0.29) is 18.4 Å². The van der Waals surface area contributed by atoms with Crippen molar-refractivity contribution in [3.63, 3.8) is 0 Å². The monoisotopic (exact) mass is 310 g/mol. The van der Waals surface area contributed by atoms with E-state index in [1.807, 2.05) is 13.0 Å². The van der Waals surface area contributed by atoms with Crippen molar-refractivity contribution in [1.82, 2.24) is 5.32 Å². The van der Waals surface area contributed by atoms with Gasteiger partial charge in [-0.1, -0.05) is 31.5 Å². The maximum atomic E-state index is 12.0. The van der Waals surface area contributed by atoms with Crippen LogP contribution in [0.2, 0.25) is 5.02 Å². The largest absolute Gasteiger partial charge is 0.355 e. The molecular formula is C16H23ClN2O2. The van der Waals surface area contributed by atoms with Crippen LogP contribution in [0.5, 0.6) is 0 Å². The average Bonchev–Trinajstić information content (AvgIpc) is 2.38. The minimum Gasteiger partial charge on any atom is -0.355 e. The normalized spacial score (nSPS) is 10.6. The zero-order chi connectivity index (χ0) is 16.0. The lowest BCUT2D eigenvalue weighted by Gasteiger charge is -2.23. The van der Waals surface area contributed by atoms with Crippen molar-refractivity contribution in [2.45, 2.75) is 34.1 Å². The van der Waals surface area contributed by atoms with Crippen LogP contribution in [0.4, 0.5) is 5.69 Å². The van der Waals surface area contributed by atoms with E-state index in [0.29, 0.717) is 23.2 Å². The zero-order valence-electron chi connectivity index (χ0n) is 13.1. The van der Waals surface area contributed by atoms with Gasteiger partial charge in [-0.05, 0) is 37.0 Å². The number of hydrogen-bond donors (Lipinski definition) is 1. The fraction of sp³-hybridized carbons (Fsp3) is 0.500. The summed E-state index contributed by atoms with van der Waals surface area (Å²) >= 11 is 5.98. The second-order valence-electron chi connectivity index (χ2n) is 5.57. The first-order chi connectivity index (χ1) is 9.81. The number of aryl methyl sites for hydroxylation is 1. The standard InChI is InChI=1S/C16H23ClN2O2/c1-11(2)7-8-18-16(21)10-19(13(4)20)15-9-14(17)6-5-12(15)3/h5-6,9,11H,7-8,10H2,1-4H3,(H,18,21). The van der Waals surface area contributed by atoms with Crippen LogP contribution in [0, 0.1) is 12.8 Å².